The van der Waals surface area contributed by atoms with Gasteiger partial charge in [0.25, 0.3) is 0 Å². The topological polar surface area (TPSA) is 59.1 Å². The molecule has 2 amide bonds. The van der Waals surface area contributed by atoms with E-state index in [0.717, 1.165) is 0 Å². The number of hydrogen-bond donors (Lipinski definition) is 0. The minimum Gasteiger partial charge on any atom is -0.381 e. The molecule has 3 aliphatic rings. The van der Waals surface area contributed by atoms with Crippen LogP contribution in [0.25, 0.3) is 0 Å². The summed E-state index contributed by atoms with van der Waals surface area (Å²) in [6.45, 7) is 4.50. The minimum absolute atomic E-state index is 0.128. The van der Waals surface area contributed by atoms with Gasteiger partial charge in [-0.05, 0) is 39.5 Å². The molecule has 3 fully saturated rings. The van der Waals surface area contributed by atoms with Crippen LogP contribution in [0.15, 0.2) is 0 Å². The summed E-state index contributed by atoms with van der Waals surface area (Å²) < 4.78 is 39.7. The molecule has 0 N–H and O–H groups in total. The maximum absolute atomic E-state index is 14.6. The van der Waals surface area contributed by atoms with Gasteiger partial charge in [-0.1, -0.05) is 0 Å². The fourth-order valence-electron chi connectivity index (χ4n) is 5.33. The third-order valence-corrected chi connectivity index (χ3v) is 7.58. The number of ether oxygens (including phenoxy) is 2. The molecule has 0 aromatic heterocycles. The van der Waals surface area contributed by atoms with Crippen LogP contribution in [0.2, 0.25) is 0 Å². The summed E-state index contributed by atoms with van der Waals surface area (Å²) in [7, 11) is 3.15. The first-order chi connectivity index (χ1) is 14.3. The maximum atomic E-state index is 14.6. The first-order valence-electron chi connectivity index (χ1n) is 11.2. The Kier molecular flexibility index (Phi) is 7.71. The van der Waals surface area contributed by atoms with Crippen LogP contribution in [-0.2, 0) is 19.1 Å². The van der Waals surface area contributed by atoms with Crippen LogP contribution in [0.3, 0.4) is 0 Å². The predicted octanol–water partition coefficient (Wildman–Crippen LogP) is 2.74. The molecule has 30 heavy (non-hydrogen) atoms. The van der Waals surface area contributed by atoms with Crippen molar-refractivity contribution in [3.05, 3.63) is 0 Å². The molecule has 2 saturated carbocycles. The van der Waals surface area contributed by atoms with Crippen molar-refractivity contribution >= 4 is 11.8 Å². The summed E-state index contributed by atoms with van der Waals surface area (Å²) in [6.07, 6.45) is 0.136. The second-order valence-electron chi connectivity index (χ2n) is 9.13. The number of carbonyl (C=O) groups excluding carboxylic acids is 2. The fourth-order valence-corrected chi connectivity index (χ4v) is 5.33. The van der Waals surface area contributed by atoms with Gasteiger partial charge in [-0.25, -0.2) is 8.78 Å². The van der Waals surface area contributed by atoms with Crippen molar-refractivity contribution in [1.82, 2.24) is 9.80 Å². The Bertz CT molecular complexity index is 570. The molecule has 1 aliphatic heterocycles. The summed E-state index contributed by atoms with van der Waals surface area (Å²) in [4.78, 5) is 29.6. The van der Waals surface area contributed by atoms with Gasteiger partial charge in [0.1, 0.15) is 12.3 Å². The SMILES string of the molecule is COC1CCC(C(=O)N2CCN(C(=O)C3CCC(OC)CC3F)C(C)C2C)C(F)C1. The Labute approximate surface area is 178 Å². The predicted molar refractivity (Wildman–Crippen MR) is 108 cm³/mol. The van der Waals surface area contributed by atoms with Gasteiger partial charge in [0.15, 0.2) is 0 Å². The van der Waals surface area contributed by atoms with Gasteiger partial charge in [-0.3, -0.25) is 9.59 Å². The highest BCUT2D eigenvalue weighted by molar-refractivity contribution is 5.82. The van der Waals surface area contributed by atoms with Gasteiger partial charge >= 0.3 is 0 Å². The van der Waals surface area contributed by atoms with E-state index >= 15 is 0 Å². The quantitative estimate of drug-likeness (QED) is 0.688. The Morgan fingerprint density at radius 3 is 1.40 bits per heavy atom. The van der Waals surface area contributed by atoms with E-state index in [9.17, 15) is 18.4 Å². The van der Waals surface area contributed by atoms with E-state index in [1.807, 2.05) is 13.8 Å². The average Bonchev–Trinajstić information content (AvgIpc) is 2.74. The molecule has 1 heterocycles. The van der Waals surface area contributed by atoms with Crippen molar-refractivity contribution in [2.75, 3.05) is 27.3 Å². The maximum Gasteiger partial charge on any atom is 0.228 e. The van der Waals surface area contributed by atoms with E-state index in [1.165, 1.54) is 0 Å². The van der Waals surface area contributed by atoms with E-state index < -0.39 is 24.2 Å². The lowest BCUT2D eigenvalue weighted by molar-refractivity contribution is -0.156. The van der Waals surface area contributed by atoms with Gasteiger partial charge in [0.2, 0.25) is 11.8 Å². The zero-order chi connectivity index (χ0) is 22.0. The van der Waals surface area contributed by atoms with Crippen LogP contribution in [0.5, 0.6) is 0 Å². The summed E-state index contributed by atoms with van der Waals surface area (Å²) in [5.74, 6) is -1.64. The second-order valence-corrected chi connectivity index (χ2v) is 9.13. The molecule has 8 unspecified atom stereocenters. The fraction of sp³-hybridized carbons (Fsp3) is 0.909. The molecule has 172 valence electrons. The van der Waals surface area contributed by atoms with Gasteiger partial charge < -0.3 is 19.3 Å². The molecule has 2 aliphatic carbocycles. The molecule has 0 aromatic carbocycles. The molecule has 0 spiro atoms. The Balaban J connectivity index is 1.61. The lowest BCUT2D eigenvalue weighted by Crippen LogP contribution is -2.63. The lowest BCUT2D eigenvalue weighted by atomic mass is 9.83. The molecule has 0 aromatic rings. The molecule has 3 rings (SSSR count). The number of carbonyl (C=O) groups is 2. The molecule has 8 heteroatoms. The van der Waals surface area contributed by atoms with Crippen LogP contribution in [0.1, 0.15) is 52.4 Å². The molecule has 0 radical (unpaired) electrons. The highest BCUT2D eigenvalue weighted by Crippen LogP contribution is 2.34. The number of nitrogens with zero attached hydrogens (tertiary/aromatic N) is 2. The molecular weight excluding hydrogens is 394 g/mol. The van der Waals surface area contributed by atoms with Crippen molar-refractivity contribution in [3.8, 4) is 0 Å². The molecular formula is C22H36F2N2O4. The van der Waals surface area contributed by atoms with Crippen LogP contribution < -0.4 is 0 Å². The van der Waals surface area contributed by atoms with Crippen LogP contribution in [-0.4, -0.2) is 85.6 Å². The van der Waals surface area contributed by atoms with E-state index in [4.69, 9.17) is 9.47 Å². The number of methoxy groups -OCH3 is 2. The lowest BCUT2D eigenvalue weighted by Gasteiger charge is -2.48. The molecule has 6 nitrogen and oxygen atoms in total. The summed E-state index contributed by atoms with van der Waals surface area (Å²) >= 11 is 0. The smallest absolute Gasteiger partial charge is 0.228 e. The third-order valence-electron chi connectivity index (χ3n) is 7.58. The first-order valence-corrected chi connectivity index (χ1v) is 11.2. The number of amides is 2. The van der Waals surface area contributed by atoms with E-state index in [1.54, 1.807) is 24.0 Å². The van der Waals surface area contributed by atoms with Crippen molar-refractivity contribution in [1.29, 1.82) is 0 Å². The minimum atomic E-state index is -1.21. The van der Waals surface area contributed by atoms with Crippen molar-refractivity contribution in [2.24, 2.45) is 11.8 Å². The second kappa shape index (κ2) is 9.90. The standard InChI is InChI=1S/C22H36F2N2O4/c1-13-14(2)26(22(28)18-8-6-16(30-4)12-20(18)24)10-9-25(13)21(27)17-7-5-15(29-3)11-19(17)23/h13-20H,5-12H2,1-4H3. The van der Waals surface area contributed by atoms with Gasteiger partial charge in [0, 0.05) is 52.2 Å². The molecule has 1 saturated heterocycles. The number of halogens is 2. The number of piperazine rings is 1. The van der Waals surface area contributed by atoms with Crippen LogP contribution >= 0.6 is 0 Å². The summed E-state index contributed by atoms with van der Waals surface area (Å²) in [6, 6.07) is -0.480. The monoisotopic (exact) mass is 430 g/mol. The zero-order valence-electron chi connectivity index (χ0n) is 18.6. The molecule has 8 atom stereocenters. The highest BCUT2D eigenvalue weighted by Gasteiger charge is 2.45. The number of hydrogen-bond acceptors (Lipinski definition) is 4. The third kappa shape index (κ3) is 4.64. The number of alkyl halides is 2. The van der Waals surface area contributed by atoms with E-state index in [2.05, 4.69) is 0 Å². The molecule has 0 bridgehead atoms. The summed E-state index contributed by atoms with van der Waals surface area (Å²) in [5, 5.41) is 0. The van der Waals surface area contributed by atoms with Gasteiger partial charge in [0.05, 0.1) is 24.0 Å². The van der Waals surface area contributed by atoms with E-state index in [0.29, 0.717) is 38.8 Å². The number of rotatable bonds is 4. The largest absolute Gasteiger partial charge is 0.381 e. The van der Waals surface area contributed by atoms with Gasteiger partial charge in [-0.2, -0.15) is 0 Å². The normalized spacial score (nSPS) is 40.3. The van der Waals surface area contributed by atoms with Crippen molar-refractivity contribution in [3.63, 3.8) is 0 Å². The Morgan fingerprint density at radius 1 is 0.733 bits per heavy atom. The Morgan fingerprint density at radius 2 is 1.10 bits per heavy atom. The van der Waals surface area contributed by atoms with Crippen LogP contribution in [0.4, 0.5) is 8.78 Å². The first kappa shape index (κ1) is 23.4. The summed E-state index contributed by atoms with van der Waals surface area (Å²) in [5.41, 5.74) is 0. The Hall–Kier alpha value is -1.28. The van der Waals surface area contributed by atoms with Crippen LogP contribution in [0, 0.1) is 11.8 Å². The van der Waals surface area contributed by atoms with E-state index in [-0.39, 0.29) is 48.9 Å². The average molecular weight is 431 g/mol. The van der Waals surface area contributed by atoms with Crippen molar-refractivity contribution < 1.29 is 27.8 Å². The van der Waals surface area contributed by atoms with Crippen molar-refractivity contribution in [2.45, 2.75) is 89.0 Å². The highest BCUT2D eigenvalue weighted by atomic mass is 19.1. The van der Waals surface area contributed by atoms with Gasteiger partial charge in [-0.15, -0.1) is 0 Å². The zero-order valence-corrected chi connectivity index (χ0v) is 18.6.